The topological polar surface area (TPSA) is 109 Å². The summed E-state index contributed by atoms with van der Waals surface area (Å²) in [6.45, 7) is 1.39. The Morgan fingerprint density at radius 3 is 2.47 bits per heavy atom. The van der Waals surface area contributed by atoms with Gasteiger partial charge in [0.15, 0.2) is 0 Å². The van der Waals surface area contributed by atoms with E-state index in [4.69, 9.17) is 16.3 Å². The number of ketones is 1. The van der Waals surface area contributed by atoms with Gasteiger partial charge in [-0.25, -0.2) is 0 Å². The third-order valence-corrected chi connectivity index (χ3v) is 5.63. The lowest BCUT2D eigenvalue weighted by atomic mass is 9.96. The number of pyridine rings is 1. The van der Waals surface area contributed by atoms with Crippen molar-refractivity contribution in [3.8, 4) is 5.75 Å². The molecule has 1 saturated heterocycles. The van der Waals surface area contributed by atoms with Gasteiger partial charge >= 0.3 is 0 Å². The maximum absolute atomic E-state index is 13.2. The van der Waals surface area contributed by atoms with E-state index in [1.165, 1.54) is 31.2 Å². The Labute approximate surface area is 200 Å². The average Bonchev–Trinajstić information content (AvgIpc) is 3.09. The standard InChI is InChI=1S/C25H20ClN3O5/c1-14(30)28-17-6-8-18(9-7-17)29-22(16-4-3-11-27-13-16)21(24(32)25(29)33)23(31)15-5-10-20(34-2)19(26)12-15/h3-13,22,31H,1-2H3,(H,28,30)/b23-21-. The highest BCUT2D eigenvalue weighted by molar-refractivity contribution is 6.51. The Kier molecular flexibility index (Phi) is 6.34. The number of hydrogen-bond donors (Lipinski definition) is 2. The molecule has 2 amide bonds. The van der Waals surface area contributed by atoms with Gasteiger partial charge in [0.2, 0.25) is 5.91 Å². The van der Waals surface area contributed by atoms with Crippen molar-refractivity contribution in [2.75, 3.05) is 17.3 Å². The number of carbonyl (C=O) groups excluding carboxylic acids is 3. The molecule has 0 bridgehead atoms. The minimum absolute atomic E-state index is 0.0924. The number of benzene rings is 2. The van der Waals surface area contributed by atoms with Crippen LogP contribution in [0.15, 0.2) is 72.6 Å². The van der Waals surface area contributed by atoms with Gasteiger partial charge in [-0.1, -0.05) is 17.7 Å². The van der Waals surface area contributed by atoms with Crippen LogP contribution in [0.1, 0.15) is 24.1 Å². The summed E-state index contributed by atoms with van der Waals surface area (Å²) in [5.74, 6) is -1.84. The molecule has 0 radical (unpaired) electrons. The van der Waals surface area contributed by atoms with Gasteiger partial charge in [0.25, 0.3) is 11.7 Å². The monoisotopic (exact) mass is 477 g/mol. The number of rotatable bonds is 5. The molecule has 1 aliphatic heterocycles. The van der Waals surface area contributed by atoms with E-state index in [1.807, 2.05) is 0 Å². The van der Waals surface area contributed by atoms with Crippen LogP contribution in [0.2, 0.25) is 5.02 Å². The average molecular weight is 478 g/mol. The van der Waals surface area contributed by atoms with E-state index in [2.05, 4.69) is 10.3 Å². The van der Waals surface area contributed by atoms with E-state index in [-0.39, 0.29) is 27.8 Å². The number of nitrogens with zero attached hydrogens (tertiary/aromatic N) is 2. The molecule has 0 spiro atoms. The molecule has 2 aromatic carbocycles. The maximum atomic E-state index is 13.2. The molecule has 1 unspecified atom stereocenters. The molecule has 1 aliphatic rings. The molecular formula is C25H20ClN3O5. The number of carbonyl (C=O) groups is 3. The third-order valence-electron chi connectivity index (χ3n) is 5.34. The lowest BCUT2D eigenvalue weighted by Gasteiger charge is -2.25. The SMILES string of the molecule is COc1ccc(/C(O)=C2/C(=O)C(=O)N(c3ccc(NC(C)=O)cc3)C2c2cccnc2)cc1Cl. The van der Waals surface area contributed by atoms with E-state index < -0.39 is 17.7 Å². The van der Waals surface area contributed by atoms with Gasteiger partial charge in [-0.15, -0.1) is 0 Å². The first kappa shape index (κ1) is 23.0. The van der Waals surface area contributed by atoms with Crippen molar-refractivity contribution < 1.29 is 24.2 Å². The number of methoxy groups -OCH3 is 1. The highest BCUT2D eigenvalue weighted by Crippen LogP contribution is 2.42. The van der Waals surface area contributed by atoms with Crippen molar-refractivity contribution in [2.45, 2.75) is 13.0 Å². The molecule has 2 heterocycles. The fourth-order valence-electron chi connectivity index (χ4n) is 3.83. The molecule has 2 N–H and O–H groups in total. The van der Waals surface area contributed by atoms with Crippen molar-refractivity contribution in [1.82, 2.24) is 4.98 Å². The van der Waals surface area contributed by atoms with Crippen LogP contribution >= 0.6 is 11.6 Å². The van der Waals surface area contributed by atoms with E-state index in [0.717, 1.165) is 0 Å². The Morgan fingerprint density at radius 2 is 1.88 bits per heavy atom. The molecule has 0 aliphatic carbocycles. The molecule has 1 atom stereocenters. The molecule has 1 fully saturated rings. The highest BCUT2D eigenvalue weighted by atomic mass is 35.5. The van der Waals surface area contributed by atoms with Crippen molar-refractivity contribution in [2.24, 2.45) is 0 Å². The van der Waals surface area contributed by atoms with Gasteiger partial charge in [0, 0.05) is 36.3 Å². The fourth-order valence-corrected chi connectivity index (χ4v) is 4.09. The smallest absolute Gasteiger partial charge is 0.300 e. The summed E-state index contributed by atoms with van der Waals surface area (Å²) in [7, 11) is 1.46. The maximum Gasteiger partial charge on any atom is 0.300 e. The Morgan fingerprint density at radius 1 is 1.15 bits per heavy atom. The first-order chi connectivity index (χ1) is 16.3. The van der Waals surface area contributed by atoms with E-state index >= 15 is 0 Å². The molecule has 3 aromatic rings. The fraction of sp³-hybridized carbons (Fsp3) is 0.120. The zero-order valence-corrected chi connectivity index (χ0v) is 19.0. The summed E-state index contributed by atoms with van der Waals surface area (Å²) < 4.78 is 5.15. The number of amides is 2. The minimum atomic E-state index is -0.929. The van der Waals surface area contributed by atoms with Gasteiger partial charge < -0.3 is 15.2 Å². The van der Waals surface area contributed by atoms with Crippen LogP contribution in [0.4, 0.5) is 11.4 Å². The number of nitrogens with one attached hydrogen (secondary N) is 1. The van der Waals surface area contributed by atoms with Crippen LogP contribution in [0.25, 0.3) is 5.76 Å². The lowest BCUT2D eigenvalue weighted by molar-refractivity contribution is -0.132. The summed E-state index contributed by atoms with van der Waals surface area (Å²) in [4.78, 5) is 43.1. The number of Topliss-reactive ketones (excluding diaryl/α,β-unsaturated/α-hetero) is 1. The predicted molar refractivity (Wildman–Crippen MR) is 128 cm³/mol. The molecule has 1 aromatic heterocycles. The normalized spacial score (nSPS) is 17.0. The van der Waals surface area contributed by atoms with Crippen molar-refractivity contribution in [3.63, 3.8) is 0 Å². The van der Waals surface area contributed by atoms with Crippen molar-refractivity contribution >= 4 is 46.3 Å². The van der Waals surface area contributed by atoms with Gasteiger partial charge in [-0.3, -0.25) is 24.3 Å². The third kappa shape index (κ3) is 4.23. The van der Waals surface area contributed by atoms with Crippen LogP contribution in [0, 0.1) is 0 Å². The second-order valence-electron chi connectivity index (χ2n) is 7.53. The van der Waals surface area contributed by atoms with Crippen LogP contribution in [-0.2, 0) is 14.4 Å². The van der Waals surface area contributed by atoms with E-state index in [0.29, 0.717) is 22.7 Å². The molecule has 4 rings (SSSR count). The predicted octanol–water partition coefficient (Wildman–Crippen LogP) is 4.33. The minimum Gasteiger partial charge on any atom is -0.507 e. The number of aliphatic hydroxyl groups excluding tert-OH is 1. The molecule has 172 valence electrons. The summed E-state index contributed by atoms with van der Waals surface area (Å²) >= 11 is 6.21. The highest BCUT2D eigenvalue weighted by Gasteiger charge is 2.47. The molecule has 34 heavy (non-hydrogen) atoms. The number of halogens is 1. The largest absolute Gasteiger partial charge is 0.507 e. The molecular weight excluding hydrogens is 458 g/mol. The number of anilines is 2. The first-order valence-corrected chi connectivity index (χ1v) is 10.6. The zero-order chi connectivity index (χ0) is 24.4. The first-order valence-electron chi connectivity index (χ1n) is 10.2. The summed E-state index contributed by atoms with van der Waals surface area (Å²) in [6.07, 6.45) is 3.10. The van der Waals surface area contributed by atoms with Crippen molar-refractivity contribution in [1.29, 1.82) is 0 Å². The van der Waals surface area contributed by atoms with Gasteiger partial charge in [0.1, 0.15) is 11.5 Å². The second-order valence-corrected chi connectivity index (χ2v) is 7.94. The van der Waals surface area contributed by atoms with Crippen molar-refractivity contribution in [3.05, 3.63) is 88.7 Å². The zero-order valence-electron chi connectivity index (χ0n) is 18.3. The van der Waals surface area contributed by atoms with Gasteiger partial charge in [-0.2, -0.15) is 0 Å². The summed E-state index contributed by atoms with van der Waals surface area (Å²) in [6, 6.07) is 13.5. The van der Waals surface area contributed by atoms with Crippen LogP contribution < -0.4 is 15.0 Å². The van der Waals surface area contributed by atoms with Gasteiger partial charge in [0.05, 0.1) is 23.7 Å². The molecule has 9 heteroatoms. The number of aliphatic hydroxyl groups is 1. The molecule has 8 nitrogen and oxygen atoms in total. The van der Waals surface area contributed by atoms with E-state index in [9.17, 15) is 19.5 Å². The second kappa shape index (κ2) is 9.36. The molecule has 0 saturated carbocycles. The number of aromatic nitrogens is 1. The number of ether oxygens (including phenoxy) is 1. The quantitative estimate of drug-likeness (QED) is 0.321. The van der Waals surface area contributed by atoms with Gasteiger partial charge in [-0.05, 0) is 54.1 Å². The lowest BCUT2D eigenvalue weighted by Crippen LogP contribution is -2.29. The van der Waals surface area contributed by atoms with Crippen LogP contribution in [0.3, 0.4) is 0 Å². The summed E-state index contributed by atoms with van der Waals surface area (Å²) in [5.41, 5.74) is 1.66. The Bertz CT molecular complexity index is 1310. The van der Waals surface area contributed by atoms with E-state index in [1.54, 1.807) is 54.7 Å². The Hall–Kier alpha value is -4.17. The summed E-state index contributed by atoms with van der Waals surface area (Å²) in [5, 5.41) is 14.0. The van der Waals surface area contributed by atoms with Crippen LogP contribution in [0.5, 0.6) is 5.75 Å². The Balaban J connectivity index is 1.86. The van der Waals surface area contributed by atoms with Crippen LogP contribution in [-0.4, -0.2) is 34.8 Å². The number of hydrogen-bond acceptors (Lipinski definition) is 6.